The van der Waals surface area contributed by atoms with Gasteiger partial charge in [0.25, 0.3) is 11.8 Å². The monoisotopic (exact) mass is 450 g/mol. The SMILES string of the molecule is CCCc1nc(-c2ccc3c(c2)N(CC(=O)Nc2ccccc2C(N)=O)C(=O)CO3)cs1. The van der Waals surface area contributed by atoms with Gasteiger partial charge in [0, 0.05) is 10.9 Å². The highest BCUT2D eigenvalue weighted by atomic mass is 32.1. The highest BCUT2D eigenvalue weighted by molar-refractivity contribution is 7.09. The van der Waals surface area contributed by atoms with E-state index in [4.69, 9.17) is 10.5 Å². The Kier molecular flexibility index (Phi) is 6.18. The van der Waals surface area contributed by atoms with Crippen molar-refractivity contribution in [3.05, 3.63) is 58.4 Å². The van der Waals surface area contributed by atoms with E-state index in [2.05, 4.69) is 17.2 Å². The summed E-state index contributed by atoms with van der Waals surface area (Å²) in [6.45, 7) is 1.71. The second-order valence-electron chi connectivity index (χ2n) is 7.29. The molecule has 1 aliphatic rings. The van der Waals surface area contributed by atoms with Crippen molar-refractivity contribution >= 4 is 40.4 Å². The molecular formula is C23H22N4O4S. The van der Waals surface area contributed by atoms with Gasteiger partial charge in [-0.1, -0.05) is 19.1 Å². The molecule has 0 radical (unpaired) electrons. The molecule has 32 heavy (non-hydrogen) atoms. The molecule has 0 spiro atoms. The molecule has 0 saturated heterocycles. The number of thiazole rings is 1. The minimum atomic E-state index is -0.649. The number of nitrogens with two attached hydrogens (primary N) is 1. The Morgan fingerprint density at radius 2 is 2.06 bits per heavy atom. The summed E-state index contributed by atoms with van der Waals surface area (Å²) in [4.78, 5) is 43.0. The number of ether oxygens (including phenoxy) is 1. The molecule has 0 bridgehead atoms. The van der Waals surface area contributed by atoms with Crippen LogP contribution < -0.4 is 20.7 Å². The highest BCUT2D eigenvalue weighted by Gasteiger charge is 2.28. The van der Waals surface area contributed by atoms with Gasteiger partial charge in [-0.2, -0.15) is 0 Å². The maximum Gasteiger partial charge on any atom is 0.265 e. The summed E-state index contributed by atoms with van der Waals surface area (Å²) in [5.41, 5.74) is 8.03. The van der Waals surface area contributed by atoms with Gasteiger partial charge in [0.15, 0.2) is 6.61 Å². The molecule has 3 amide bonds. The predicted molar refractivity (Wildman–Crippen MR) is 123 cm³/mol. The normalized spacial score (nSPS) is 12.8. The number of hydrogen-bond donors (Lipinski definition) is 2. The number of amides is 3. The number of fused-ring (bicyclic) bond motifs is 1. The molecule has 2 heterocycles. The number of primary amides is 1. The molecule has 1 aliphatic heterocycles. The zero-order valence-corrected chi connectivity index (χ0v) is 18.3. The van der Waals surface area contributed by atoms with Crippen molar-refractivity contribution in [3.8, 4) is 17.0 Å². The van der Waals surface area contributed by atoms with Crippen molar-refractivity contribution in [1.82, 2.24) is 4.98 Å². The van der Waals surface area contributed by atoms with Crippen LogP contribution in [0.5, 0.6) is 5.75 Å². The number of hydrogen-bond acceptors (Lipinski definition) is 6. The van der Waals surface area contributed by atoms with Crippen LogP contribution in [0.25, 0.3) is 11.3 Å². The Morgan fingerprint density at radius 3 is 2.84 bits per heavy atom. The Morgan fingerprint density at radius 1 is 1.25 bits per heavy atom. The number of anilines is 2. The van der Waals surface area contributed by atoms with Gasteiger partial charge >= 0.3 is 0 Å². The van der Waals surface area contributed by atoms with E-state index in [9.17, 15) is 14.4 Å². The first-order chi connectivity index (χ1) is 15.5. The molecule has 2 aromatic carbocycles. The van der Waals surface area contributed by atoms with Crippen LogP contribution in [0.2, 0.25) is 0 Å². The Balaban J connectivity index is 1.58. The standard InChI is InChI=1S/C23H22N4O4S/c1-2-5-21-26-17(13-32-21)14-8-9-19-18(10-14)27(22(29)12-31-19)11-20(28)25-16-7-4-3-6-15(16)23(24)30/h3-4,6-10,13H,2,5,11-12H2,1H3,(H2,24,30)(H,25,28). The van der Waals surface area contributed by atoms with Crippen LogP contribution in [0.1, 0.15) is 28.7 Å². The first kappa shape index (κ1) is 21.5. The lowest BCUT2D eigenvalue weighted by Crippen LogP contribution is -2.43. The summed E-state index contributed by atoms with van der Waals surface area (Å²) in [6.07, 6.45) is 1.93. The molecule has 0 fully saturated rings. The number of carbonyl (C=O) groups excluding carboxylic acids is 3. The number of rotatable bonds is 7. The van der Waals surface area contributed by atoms with Gasteiger partial charge in [0.05, 0.1) is 27.6 Å². The van der Waals surface area contributed by atoms with E-state index in [-0.39, 0.29) is 24.6 Å². The average molecular weight is 451 g/mol. The molecule has 0 atom stereocenters. The van der Waals surface area contributed by atoms with Crippen LogP contribution in [0.4, 0.5) is 11.4 Å². The fourth-order valence-corrected chi connectivity index (χ4v) is 4.36. The maximum atomic E-state index is 12.7. The minimum absolute atomic E-state index is 0.158. The van der Waals surface area contributed by atoms with E-state index in [1.165, 1.54) is 11.0 Å². The fraction of sp³-hybridized carbons (Fsp3) is 0.217. The lowest BCUT2D eigenvalue weighted by molar-refractivity contribution is -0.123. The smallest absolute Gasteiger partial charge is 0.265 e. The number of benzene rings is 2. The Hall–Kier alpha value is -3.72. The van der Waals surface area contributed by atoms with Gasteiger partial charge in [-0.15, -0.1) is 11.3 Å². The number of carbonyl (C=O) groups is 3. The lowest BCUT2D eigenvalue weighted by Gasteiger charge is -2.29. The third kappa shape index (κ3) is 4.47. The first-order valence-electron chi connectivity index (χ1n) is 10.2. The number of nitrogens with one attached hydrogen (secondary N) is 1. The summed E-state index contributed by atoms with van der Waals surface area (Å²) in [7, 11) is 0. The first-order valence-corrected chi connectivity index (χ1v) is 11.0. The van der Waals surface area contributed by atoms with Crippen molar-refractivity contribution < 1.29 is 19.1 Å². The van der Waals surface area contributed by atoms with Crippen molar-refractivity contribution in [2.24, 2.45) is 5.73 Å². The van der Waals surface area contributed by atoms with Crippen LogP contribution in [-0.4, -0.2) is 35.9 Å². The van der Waals surface area contributed by atoms with Crippen LogP contribution in [0, 0.1) is 0 Å². The Labute approximate surface area is 189 Å². The molecule has 0 aliphatic carbocycles. The minimum Gasteiger partial charge on any atom is -0.482 e. The molecule has 0 unspecified atom stereocenters. The highest BCUT2D eigenvalue weighted by Crippen LogP contribution is 2.36. The Bertz CT molecular complexity index is 1190. The summed E-state index contributed by atoms with van der Waals surface area (Å²) in [6, 6.07) is 11.9. The van der Waals surface area contributed by atoms with E-state index in [1.807, 2.05) is 17.5 Å². The summed E-state index contributed by atoms with van der Waals surface area (Å²) < 4.78 is 5.55. The molecule has 8 nitrogen and oxygen atoms in total. The fourth-order valence-electron chi connectivity index (χ4n) is 3.45. The molecule has 164 valence electrons. The maximum absolute atomic E-state index is 12.7. The molecule has 0 saturated carbocycles. The molecule has 9 heteroatoms. The zero-order valence-electron chi connectivity index (χ0n) is 17.5. The molecular weight excluding hydrogens is 428 g/mol. The number of aryl methyl sites for hydroxylation is 1. The van der Waals surface area contributed by atoms with Gasteiger partial charge in [0.2, 0.25) is 5.91 Å². The van der Waals surface area contributed by atoms with Crippen LogP contribution in [0.3, 0.4) is 0 Å². The van der Waals surface area contributed by atoms with Crippen molar-refractivity contribution in [3.63, 3.8) is 0 Å². The van der Waals surface area contributed by atoms with Gasteiger partial charge in [-0.25, -0.2) is 4.98 Å². The topological polar surface area (TPSA) is 115 Å². The number of para-hydroxylation sites is 1. The summed E-state index contributed by atoms with van der Waals surface area (Å²) in [5, 5.41) is 5.70. The predicted octanol–water partition coefficient (Wildman–Crippen LogP) is 3.23. The number of aromatic nitrogens is 1. The van der Waals surface area contributed by atoms with E-state index in [0.29, 0.717) is 17.1 Å². The van der Waals surface area contributed by atoms with Gasteiger partial charge < -0.3 is 15.8 Å². The van der Waals surface area contributed by atoms with Crippen LogP contribution >= 0.6 is 11.3 Å². The third-order valence-electron chi connectivity index (χ3n) is 4.98. The van der Waals surface area contributed by atoms with E-state index in [1.54, 1.807) is 35.6 Å². The average Bonchev–Trinajstić information content (AvgIpc) is 3.24. The molecule has 3 aromatic rings. The van der Waals surface area contributed by atoms with Crippen molar-refractivity contribution in [2.75, 3.05) is 23.4 Å². The third-order valence-corrected chi connectivity index (χ3v) is 5.89. The van der Waals surface area contributed by atoms with Crippen molar-refractivity contribution in [1.29, 1.82) is 0 Å². The quantitative estimate of drug-likeness (QED) is 0.574. The second kappa shape index (κ2) is 9.19. The van der Waals surface area contributed by atoms with Crippen LogP contribution in [0.15, 0.2) is 47.8 Å². The largest absolute Gasteiger partial charge is 0.482 e. The molecule has 3 N–H and O–H groups in total. The number of nitrogens with zero attached hydrogens (tertiary/aromatic N) is 2. The van der Waals surface area contributed by atoms with Crippen molar-refractivity contribution in [2.45, 2.75) is 19.8 Å². The van der Waals surface area contributed by atoms with E-state index >= 15 is 0 Å². The summed E-state index contributed by atoms with van der Waals surface area (Å²) >= 11 is 1.60. The second-order valence-corrected chi connectivity index (χ2v) is 8.23. The molecule has 4 rings (SSSR count). The van der Waals surface area contributed by atoms with E-state index < -0.39 is 11.8 Å². The lowest BCUT2D eigenvalue weighted by atomic mass is 10.1. The van der Waals surface area contributed by atoms with Gasteiger partial charge in [-0.3, -0.25) is 19.3 Å². The van der Waals surface area contributed by atoms with E-state index in [0.717, 1.165) is 29.1 Å². The molecule has 1 aromatic heterocycles. The zero-order chi connectivity index (χ0) is 22.7. The van der Waals surface area contributed by atoms with Crippen LogP contribution in [-0.2, 0) is 16.0 Å². The summed E-state index contributed by atoms with van der Waals surface area (Å²) in [5.74, 6) is -0.922. The van der Waals surface area contributed by atoms with Gasteiger partial charge in [0.1, 0.15) is 12.3 Å². The van der Waals surface area contributed by atoms with Gasteiger partial charge in [-0.05, 0) is 43.2 Å².